The second kappa shape index (κ2) is 7.08. The van der Waals surface area contributed by atoms with Gasteiger partial charge >= 0.3 is 0 Å². The van der Waals surface area contributed by atoms with Crippen molar-refractivity contribution in [2.75, 3.05) is 0 Å². The topological polar surface area (TPSA) is 0 Å². The third kappa shape index (κ3) is 3.40. The zero-order valence-electron chi connectivity index (χ0n) is 11.2. The lowest BCUT2D eigenvalue weighted by Crippen LogP contribution is -1.97. The van der Waals surface area contributed by atoms with Gasteiger partial charge < -0.3 is 0 Å². The standard InChI is InChI=1S/C16H14Br4/c1-9-3-13(19)5-11(7-17)15(9)16-10(2)4-14(20)6-12(16)8-18/h3-6H,7-8H2,1-2H3. The first-order chi connectivity index (χ1) is 9.47. The molecular weight excluding hydrogens is 512 g/mol. The highest BCUT2D eigenvalue weighted by Crippen LogP contribution is 2.38. The van der Waals surface area contributed by atoms with Crippen LogP contribution in [0.1, 0.15) is 22.3 Å². The van der Waals surface area contributed by atoms with Crippen LogP contribution in [0.25, 0.3) is 11.1 Å². The Labute approximate surface area is 153 Å². The van der Waals surface area contributed by atoms with Crippen LogP contribution in [0.3, 0.4) is 0 Å². The molecule has 2 aromatic carbocycles. The van der Waals surface area contributed by atoms with E-state index in [2.05, 4.69) is 102 Å². The molecular formula is C16H14Br4. The fourth-order valence-corrected chi connectivity index (χ4v) is 4.68. The number of halogens is 4. The van der Waals surface area contributed by atoms with Gasteiger partial charge in [-0.25, -0.2) is 0 Å². The van der Waals surface area contributed by atoms with Crippen LogP contribution < -0.4 is 0 Å². The highest BCUT2D eigenvalue weighted by molar-refractivity contribution is 9.11. The van der Waals surface area contributed by atoms with E-state index in [1.54, 1.807) is 0 Å². The summed E-state index contributed by atoms with van der Waals surface area (Å²) in [5.41, 5.74) is 7.88. The molecule has 0 radical (unpaired) electrons. The predicted octanol–water partition coefficient (Wildman–Crippen LogP) is 7.29. The second-order valence-corrected chi connectivity index (χ2v) is 7.73. The van der Waals surface area contributed by atoms with E-state index in [1.807, 2.05) is 0 Å². The first-order valence-electron chi connectivity index (χ1n) is 6.18. The summed E-state index contributed by atoms with van der Waals surface area (Å²) in [5, 5.41) is 1.69. The Bertz CT molecular complexity index is 590. The molecule has 0 heterocycles. The molecule has 0 aliphatic carbocycles. The van der Waals surface area contributed by atoms with E-state index in [9.17, 15) is 0 Å². The van der Waals surface area contributed by atoms with Gasteiger partial charge in [-0.05, 0) is 71.5 Å². The van der Waals surface area contributed by atoms with Crippen LogP contribution in [0.15, 0.2) is 33.2 Å². The monoisotopic (exact) mass is 522 g/mol. The van der Waals surface area contributed by atoms with Crippen LogP contribution >= 0.6 is 63.7 Å². The number of rotatable bonds is 3. The lowest BCUT2D eigenvalue weighted by molar-refractivity contribution is 1.29. The molecule has 0 amide bonds. The molecule has 20 heavy (non-hydrogen) atoms. The molecule has 0 bridgehead atoms. The van der Waals surface area contributed by atoms with Crippen LogP contribution in [0, 0.1) is 13.8 Å². The second-order valence-electron chi connectivity index (χ2n) is 4.78. The summed E-state index contributed by atoms with van der Waals surface area (Å²) >= 11 is 14.4. The quantitative estimate of drug-likeness (QED) is 0.369. The van der Waals surface area contributed by atoms with Gasteiger partial charge in [0.15, 0.2) is 0 Å². The van der Waals surface area contributed by atoms with E-state index >= 15 is 0 Å². The summed E-state index contributed by atoms with van der Waals surface area (Å²) in [6.45, 7) is 4.34. The van der Waals surface area contributed by atoms with Crippen molar-refractivity contribution in [2.24, 2.45) is 0 Å². The first kappa shape index (κ1) is 16.7. The summed E-state index contributed by atoms with van der Waals surface area (Å²) in [6, 6.07) is 8.75. The van der Waals surface area contributed by atoms with Crippen molar-refractivity contribution in [3.05, 3.63) is 55.5 Å². The molecule has 2 rings (SSSR count). The molecule has 0 aromatic heterocycles. The minimum Gasteiger partial charge on any atom is -0.0876 e. The largest absolute Gasteiger partial charge is 0.0876 e. The third-order valence-corrected chi connectivity index (χ3v) is 5.43. The molecule has 106 valence electrons. The molecule has 0 saturated heterocycles. The van der Waals surface area contributed by atoms with Gasteiger partial charge in [0.05, 0.1) is 0 Å². The Morgan fingerprint density at radius 1 is 0.700 bits per heavy atom. The highest BCUT2D eigenvalue weighted by Gasteiger charge is 2.15. The van der Waals surface area contributed by atoms with Gasteiger partial charge in [-0.2, -0.15) is 0 Å². The van der Waals surface area contributed by atoms with E-state index in [-0.39, 0.29) is 0 Å². The summed E-state index contributed by atoms with van der Waals surface area (Å²) < 4.78 is 2.26. The Morgan fingerprint density at radius 2 is 1.05 bits per heavy atom. The fraction of sp³-hybridized carbons (Fsp3) is 0.250. The van der Waals surface area contributed by atoms with Gasteiger partial charge in [-0.1, -0.05) is 63.7 Å². The molecule has 0 aliphatic heterocycles. The Balaban J connectivity index is 2.81. The lowest BCUT2D eigenvalue weighted by Gasteiger charge is -2.18. The molecule has 2 aromatic rings. The number of alkyl halides is 2. The van der Waals surface area contributed by atoms with Gasteiger partial charge in [0, 0.05) is 19.6 Å². The molecule has 0 N–H and O–H groups in total. The van der Waals surface area contributed by atoms with Gasteiger partial charge in [0.25, 0.3) is 0 Å². The van der Waals surface area contributed by atoms with E-state index in [1.165, 1.54) is 33.4 Å². The van der Waals surface area contributed by atoms with Crippen molar-refractivity contribution in [1.82, 2.24) is 0 Å². The molecule has 0 fully saturated rings. The molecule has 0 saturated carbocycles. The van der Waals surface area contributed by atoms with Crippen molar-refractivity contribution in [3.63, 3.8) is 0 Å². The van der Waals surface area contributed by atoms with Crippen molar-refractivity contribution in [3.8, 4) is 11.1 Å². The van der Waals surface area contributed by atoms with E-state index in [0.717, 1.165) is 19.6 Å². The zero-order valence-corrected chi connectivity index (χ0v) is 17.6. The van der Waals surface area contributed by atoms with Crippen molar-refractivity contribution in [2.45, 2.75) is 24.5 Å². The Kier molecular flexibility index (Phi) is 5.92. The molecule has 0 nitrogen and oxygen atoms in total. The van der Waals surface area contributed by atoms with Crippen molar-refractivity contribution >= 4 is 63.7 Å². The Morgan fingerprint density at radius 3 is 1.35 bits per heavy atom. The summed E-state index contributed by atoms with van der Waals surface area (Å²) in [5.74, 6) is 0. The van der Waals surface area contributed by atoms with E-state index < -0.39 is 0 Å². The van der Waals surface area contributed by atoms with E-state index in [0.29, 0.717) is 0 Å². The number of hydrogen-bond donors (Lipinski definition) is 0. The van der Waals surface area contributed by atoms with Gasteiger partial charge in [-0.15, -0.1) is 0 Å². The van der Waals surface area contributed by atoms with Crippen LogP contribution in [0.2, 0.25) is 0 Å². The summed E-state index contributed by atoms with van der Waals surface area (Å²) in [6.07, 6.45) is 0. The summed E-state index contributed by atoms with van der Waals surface area (Å²) in [7, 11) is 0. The van der Waals surface area contributed by atoms with Gasteiger partial charge in [-0.3, -0.25) is 0 Å². The van der Waals surface area contributed by atoms with Gasteiger partial charge in [0.1, 0.15) is 0 Å². The van der Waals surface area contributed by atoms with Gasteiger partial charge in [0.2, 0.25) is 0 Å². The molecule has 0 aliphatic rings. The maximum atomic E-state index is 3.62. The Hall–Kier alpha value is 0.360. The van der Waals surface area contributed by atoms with Crippen molar-refractivity contribution < 1.29 is 0 Å². The third-order valence-electron chi connectivity index (χ3n) is 3.30. The number of benzene rings is 2. The average Bonchev–Trinajstić information content (AvgIpc) is 2.38. The van der Waals surface area contributed by atoms with Crippen LogP contribution in [-0.4, -0.2) is 0 Å². The van der Waals surface area contributed by atoms with Crippen LogP contribution in [0.4, 0.5) is 0 Å². The smallest absolute Gasteiger partial charge is 0.0289 e. The zero-order chi connectivity index (χ0) is 14.9. The summed E-state index contributed by atoms with van der Waals surface area (Å²) in [4.78, 5) is 0. The normalized spacial score (nSPS) is 10.9. The lowest BCUT2D eigenvalue weighted by atomic mass is 9.90. The molecule has 0 atom stereocenters. The predicted molar refractivity (Wildman–Crippen MR) is 102 cm³/mol. The maximum Gasteiger partial charge on any atom is 0.0289 e. The maximum absolute atomic E-state index is 3.62. The molecule has 4 heteroatoms. The first-order valence-corrected chi connectivity index (χ1v) is 10.0. The molecule has 0 spiro atoms. The van der Waals surface area contributed by atoms with Crippen molar-refractivity contribution in [1.29, 1.82) is 0 Å². The minimum absolute atomic E-state index is 0.847. The molecule has 0 unspecified atom stereocenters. The van der Waals surface area contributed by atoms with Crippen LogP contribution in [-0.2, 0) is 10.7 Å². The fourth-order valence-electron chi connectivity index (χ4n) is 2.55. The number of aryl methyl sites for hydroxylation is 2. The van der Waals surface area contributed by atoms with E-state index in [4.69, 9.17) is 0 Å². The average molecular weight is 526 g/mol. The van der Waals surface area contributed by atoms with Crippen LogP contribution in [0.5, 0.6) is 0 Å². The number of hydrogen-bond acceptors (Lipinski definition) is 0. The minimum atomic E-state index is 0.847. The SMILES string of the molecule is Cc1cc(Br)cc(CBr)c1-c1c(C)cc(Br)cc1CBr. The highest BCUT2D eigenvalue weighted by atomic mass is 79.9.